The summed E-state index contributed by atoms with van der Waals surface area (Å²) in [6.07, 6.45) is 6.29. The number of nitrogens with two attached hydrogens (primary N) is 1. The van der Waals surface area contributed by atoms with Gasteiger partial charge < -0.3 is 20.1 Å². The third-order valence-corrected chi connectivity index (χ3v) is 5.47. The Morgan fingerprint density at radius 2 is 1.93 bits per heavy atom. The zero-order valence-corrected chi connectivity index (χ0v) is 16.3. The lowest BCUT2D eigenvalue weighted by Gasteiger charge is -2.35. The van der Waals surface area contributed by atoms with Crippen molar-refractivity contribution in [3.05, 3.63) is 18.3 Å². The van der Waals surface area contributed by atoms with Gasteiger partial charge in [0.25, 0.3) is 0 Å². The monoisotopic (exact) mass is 376 g/mol. The number of carbonyl (C=O) groups excluding carboxylic acids is 1. The van der Waals surface area contributed by atoms with Crippen LogP contribution in [0.3, 0.4) is 0 Å². The first kappa shape index (κ1) is 19.9. The van der Waals surface area contributed by atoms with Gasteiger partial charge in [-0.3, -0.25) is 9.69 Å². The van der Waals surface area contributed by atoms with E-state index in [4.69, 9.17) is 15.2 Å². The van der Waals surface area contributed by atoms with E-state index in [1.165, 1.54) is 0 Å². The molecule has 2 saturated heterocycles. The van der Waals surface area contributed by atoms with Crippen molar-refractivity contribution in [2.45, 2.75) is 38.7 Å². The number of anilines is 2. The highest BCUT2D eigenvalue weighted by molar-refractivity contribution is 5.71. The Morgan fingerprint density at radius 1 is 1.19 bits per heavy atom. The predicted octanol–water partition coefficient (Wildman–Crippen LogP) is 1.92. The standard InChI is InChI=1S/C20H32N4O3/c1-2-26-20(25)14-23-9-7-18(8-10-23)27-15-16-5-11-24(12-6-16)19-4-3-17(21)13-22-19/h3-4,13,16,18H,2,5-12,14-15,21H2,1H3. The lowest BCUT2D eigenvalue weighted by atomic mass is 9.97. The summed E-state index contributed by atoms with van der Waals surface area (Å²) in [6.45, 7) is 7.38. The lowest BCUT2D eigenvalue weighted by molar-refractivity contribution is -0.145. The Kier molecular flexibility index (Phi) is 7.29. The van der Waals surface area contributed by atoms with E-state index in [9.17, 15) is 4.79 Å². The van der Waals surface area contributed by atoms with Crippen LogP contribution in [0, 0.1) is 5.92 Å². The summed E-state index contributed by atoms with van der Waals surface area (Å²) in [5, 5.41) is 0. The van der Waals surface area contributed by atoms with E-state index in [0.717, 1.165) is 64.3 Å². The van der Waals surface area contributed by atoms with Gasteiger partial charge in [-0.15, -0.1) is 0 Å². The van der Waals surface area contributed by atoms with Crippen molar-refractivity contribution < 1.29 is 14.3 Å². The molecule has 0 atom stereocenters. The van der Waals surface area contributed by atoms with Crippen molar-refractivity contribution in [3.63, 3.8) is 0 Å². The molecule has 7 nitrogen and oxygen atoms in total. The normalized spacial score (nSPS) is 20.0. The number of piperidine rings is 2. The second-order valence-electron chi connectivity index (χ2n) is 7.49. The molecule has 27 heavy (non-hydrogen) atoms. The molecule has 0 spiro atoms. The second-order valence-corrected chi connectivity index (χ2v) is 7.49. The van der Waals surface area contributed by atoms with Gasteiger partial charge in [0.15, 0.2) is 0 Å². The highest BCUT2D eigenvalue weighted by Gasteiger charge is 2.24. The molecule has 0 amide bonds. The predicted molar refractivity (Wildman–Crippen MR) is 106 cm³/mol. The van der Waals surface area contributed by atoms with Gasteiger partial charge in [-0.2, -0.15) is 0 Å². The van der Waals surface area contributed by atoms with Crippen LogP contribution in [-0.4, -0.2) is 67.9 Å². The van der Waals surface area contributed by atoms with Crippen LogP contribution in [0.2, 0.25) is 0 Å². The van der Waals surface area contributed by atoms with Gasteiger partial charge in [0.05, 0.1) is 31.1 Å². The Balaban J connectivity index is 1.31. The van der Waals surface area contributed by atoms with Gasteiger partial charge >= 0.3 is 5.97 Å². The Morgan fingerprint density at radius 3 is 2.56 bits per heavy atom. The summed E-state index contributed by atoms with van der Waals surface area (Å²) in [5.41, 5.74) is 6.41. The fraction of sp³-hybridized carbons (Fsp3) is 0.700. The van der Waals surface area contributed by atoms with E-state index in [-0.39, 0.29) is 5.97 Å². The maximum atomic E-state index is 11.6. The third-order valence-electron chi connectivity index (χ3n) is 5.47. The summed E-state index contributed by atoms with van der Waals surface area (Å²) >= 11 is 0. The average molecular weight is 377 g/mol. The fourth-order valence-corrected chi connectivity index (χ4v) is 3.81. The molecule has 2 aliphatic rings. The molecule has 3 heterocycles. The molecule has 7 heteroatoms. The molecule has 0 saturated carbocycles. The fourth-order valence-electron chi connectivity index (χ4n) is 3.81. The van der Waals surface area contributed by atoms with Gasteiger partial charge in [-0.25, -0.2) is 4.98 Å². The van der Waals surface area contributed by atoms with Crippen LogP contribution in [0.5, 0.6) is 0 Å². The molecular weight excluding hydrogens is 344 g/mol. The SMILES string of the molecule is CCOC(=O)CN1CCC(OCC2CCN(c3ccc(N)cn3)CC2)CC1. The summed E-state index contributed by atoms with van der Waals surface area (Å²) in [7, 11) is 0. The second kappa shape index (κ2) is 9.90. The first-order valence-corrected chi connectivity index (χ1v) is 10.1. The van der Waals surface area contributed by atoms with Crippen molar-refractivity contribution in [1.82, 2.24) is 9.88 Å². The van der Waals surface area contributed by atoms with E-state index in [2.05, 4.69) is 14.8 Å². The largest absolute Gasteiger partial charge is 0.465 e. The Hall–Kier alpha value is -1.86. The van der Waals surface area contributed by atoms with Crippen LogP contribution in [0.4, 0.5) is 11.5 Å². The molecule has 0 bridgehead atoms. The number of ether oxygens (including phenoxy) is 2. The van der Waals surface area contributed by atoms with Gasteiger partial charge in [0.2, 0.25) is 0 Å². The minimum absolute atomic E-state index is 0.126. The topological polar surface area (TPSA) is 80.9 Å². The zero-order valence-electron chi connectivity index (χ0n) is 16.3. The van der Waals surface area contributed by atoms with Crippen LogP contribution in [0.1, 0.15) is 32.6 Å². The van der Waals surface area contributed by atoms with Crippen LogP contribution in [0.25, 0.3) is 0 Å². The number of hydrogen-bond donors (Lipinski definition) is 1. The van der Waals surface area contributed by atoms with E-state index in [0.29, 0.717) is 30.9 Å². The molecule has 2 fully saturated rings. The zero-order chi connectivity index (χ0) is 19.1. The summed E-state index contributed by atoms with van der Waals surface area (Å²) < 4.78 is 11.2. The van der Waals surface area contributed by atoms with E-state index in [1.54, 1.807) is 6.20 Å². The van der Waals surface area contributed by atoms with Crippen LogP contribution < -0.4 is 10.6 Å². The number of likely N-dealkylation sites (tertiary alicyclic amines) is 1. The summed E-state index contributed by atoms with van der Waals surface area (Å²) in [4.78, 5) is 20.5. The third kappa shape index (κ3) is 6.07. The molecule has 2 N–H and O–H groups in total. The van der Waals surface area contributed by atoms with Crippen molar-refractivity contribution in [1.29, 1.82) is 0 Å². The van der Waals surface area contributed by atoms with Gasteiger partial charge in [0.1, 0.15) is 5.82 Å². The molecule has 1 aromatic heterocycles. The van der Waals surface area contributed by atoms with Crippen molar-refractivity contribution >= 4 is 17.5 Å². The number of nitrogens with zero attached hydrogens (tertiary/aromatic N) is 3. The molecule has 0 aromatic carbocycles. The van der Waals surface area contributed by atoms with Crippen molar-refractivity contribution in [2.75, 3.05) is 56.6 Å². The highest BCUT2D eigenvalue weighted by atomic mass is 16.5. The first-order chi connectivity index (χ1) is 13.1. The number of nitrogen functional groups attached to an aromatic ring is 1. The molecule has 3 rings (SSSR count). The minimum Gasteiger partial charge on any atom is -0.465 e. The number of aromatic nitrogens is 1. The smallest absolute Gasteiger partial charge is 0.320 e. The van der Waals surface area contributed by atoms with Crippen molar-refractivity contribution in [2.24, 2.45) is 5.92 Å². The van der Waals surface area contributed by atoms with E-state index >= 15 is 0 Å². The molecule has 0 unspecified atom stereocenters. The Bertz CT molecular complexity index is 579. The minimum atomic E-state index is -0.126. The highest BCUT2D eigenvalue weighted by Crippen LogP contribution is 2.24. The van der Waals surface area contributed by atoms with Gasteiger partial charge in [-0.1, -0.05) is 0 Å². The molecule has 1 aromatic rings. The van der Waals surface area contributed by atoms with Crippen molar-refractivity contribution in [3.8, 4) is 0 Å². The first-order valence-electron chi connectivity index (χ1n) is 10.1. The summed E-state index contributed by atoms with van der Waals surface area (Å²) in [6, 6.07) is 3.90. The maximum absolute atomic E-state index is 11.6. The quantitative estimate of drug-likeness (QED) is 0.728. The van der Waals surface area contributed by atoms with Crippen LogP contribution in [-0.2, 0) is 14.3 Å². The van der Waals surface area contributed by atoms with Gasteiger partial charge in [0, 0.05) is 32.8 Å². The van der Waals surface area contributed by atoms with E-state index < -0.39 is 0 Å². The van der Waals surface area contributed by atoms with Gasteiger partial charge in [-0.05, 0) is 50.7 Å². The number of esters is 1. The number of pyridine rings is 1. The lowest BCUT2D eigenvalue weighted by Crippen LogP contribution is -2.41. The average Bonchev–Trinajstić information content (AvgIpc) is 2.69. The number of rotatable bonds is 7. The molecule has 0 radical (unpaired) electrons. The summed E-state index contributed by atoms with van der Waals surface area (Å²) in [5.74, 6) is 1.50. The molecular formula is C20H32N4O3. The van der Waals surface area contributed by atoms with E-state index in [1.807, 2.05) is 19.1 Å². The molecule has 150 valence electrons. The van der Waals surface area contributed by atoms with Crippen LogP contribution >= 0.6 is 0 Å². The van der Waals surface area contributed by atoms with Crippen LogP contribution in [0.15, 0.2) is 18.3 Å². The molecule has 0 aliphatic carbocycles. The molecule has 2 aliphatic heterocycles. The number of hydrogen-bond acceptors (Lipinski definition) is 7. The Labute approximate surface area is 161 Å². The maximum Gasteiger partial charge on any atom is 0.320 e. The number of carbonyl (C=O) groups is 1.